The summed E-state index contributed by atoms with van der Waals surface area (Å²) in [6.45, 7) is 1.40. The molecular formula is C19H14BrN3O7. The van der Waals surface area contributed by atoms with Crippen molar-refractivity contribution in [1.29, 1.82) is 0 Å². The van der Waals surface area contributed by atoms with Gasteiger partial charge < -0.3 is 14.3 Å². The molecule has 30 heavy (non-hydrogen) atoms. The molecule has 3 rings (SSSR count). The van der Waals surface area contributed by atoms with Gasteiger partial charge in [-0.25, -0.2) is 10.2 Å². The van der Waals surface area contributed by atoms with Gasteiger partial charge in [0, 0.05) is 33.6 Å². The van der Waals surface area contributed by atoms with E-state index in [1.54, 1.807) is 19.1 Å². The second-order valence-corrected chi connectivity index (χ2v) is 7.02. The van der Waals surface area contributed by atoms with Gasteiger partial charge in [-0.05, 0) is 30.7 Å². The van der Waals surface area contributed by atoms with Gasteiger partial charge in [-0.3, -0.25) is 14.9 Å². The number of aromatic hydroxyl groups is 1. The minimum atomic E-state index is -0.739. The van der Waals surface area contributed by atoms with Crippen molar-refractivity contribution in [2.24, 2.45) is 5.10 Å². The number of hydrazone groups is 1. The summed E-state index contributed by atoms with van der Waals surface area (Å²) in [5.74, 6) is -0.873. The molecule has 0 aliphatic rings. The fourth-order valence-electron chi connectivity index (χ4n) is 2.59. The average molecular weight is 476 g/mol. The van der Waals surface area contributed by atoms with Crippen LogP contribution in [-0.4, -0.2) is 28.8 Å². The third-order valence-electron chi connectivity index (χ3n) is 3.97. The number of hydrogen-bond acceptors (Lipinski definition) is 8. The number of aryl methyl sites for hydroxylation is 1. The van der Waals surface area contributed by atoms with Crippen LogP contribution in [0.2, 0.25) is 0 Å². The van der Waals surface area contributed by atoms with Crippen LogP contribution >= 0.6 is 15.9 Å². The molecule has 0 saturated heterocycles. The third kappa shape index (κ3) is 4.81. The molecule has 0 unspecified atom stereocenters. The van der Waals surface area contributed by atoms with Gasteiger partial charge >= 0.3 is 11.3 Å². The SMILES string of the molecule is Cc1cc(=O)oc2cc(OCC(=O)NN=Cc3cc(Br)cc([N+](=O)[O-])c3O)ccc12. The zero-order chi connectivity index (χ0) is 21.8. The van der Waals surface area contributed by atoms with Crippen LogP contribution in [0, 0.1) is 17.0 Å². The van der Waals surface area contributed by atoms with Crippen molar-refractivity contribution in [1.82, 2.24) is 5.43 Å². The molecule has 2 N–H and O–H groups in total. The zero-order valence-electron chi connectivity index (χ0n) is 15.4. The molecule has 154 valence electrons. The summed E-state index contributed by atoms with van der Waals surface area (Å²) in [7, 11) is 0. The lowest BCUT2D eigenvalue weighted by Gasteiger charge is -2.07. The molecule has 0 spiro atoms. The van der Waals surface area contributed by atoms with Gasteiger partial charge in [-0.1, -0.05) is 15.9 Å². The summed E-state index contributed by atoms with van der Waals surface area (Å²) in [6, 6.07) is 8.77. The number of nitro benzene ring substituents is 1. The Balaban J connectivity index is 1.64. The Kier molecular flexibility index (Phi) is 6.11. The Morgan fingerprint density at radius 3 is 2.87 bits per heavy atom. The first-order valence-corrected chi connectivity index (χ1v) is 9.20. The first-order valence-electron chi connectivity index (χ1n) is 8.40. The van der Waals surface area contributed by atoms with E-state index in [9.17, 15) is 24.8 Å². The van der Waals surface area contributed by atoms with Crippen molar-refractivity contribution in [3.63, 3.8) is 0 Å². The van der Waals surface area contributed by atoms with Gasteiger partial charge in [-0.2, -0.15) is 5.10 Å². The van der Waals surface area contributed by atoms with Gasteiger partial charge in [0.25, 0.3) is 5.91 Å². The molecule has 3 aromatic rings. The number of hydrogen-bond donors (Lipinski definition) is 2. The summed E-state index contributed by atoms with van der Waals surface area (Å²) in [5.41, 5.74) is 2.34. The number of fused-ring (bicyclic) bond motifs is 1. The lowest BCUT2D eigenvalue weighted by atomic mass is 10.1. The highest BCUT2D eigenvalue weighted by Crippen LogP contribution is 2.32. The third-order valence-corrected chi connectivity index (χ3v) is 4.42. The quantitative estimate of drug-likeness (QED) is 0.241. The normalized spacial score (nSPS) is 11.0. The number of nitrogens with zero attached hydrogens (tertiary/aromatic N) is 2. The molecule has 0 saturated carbocycles. The summed E-state index contributed by atoms with van der Waals surface area (Å²) in [4.78, 5) is 33.6. The molecule has 0 aliphatic carbocycles. The van der Waals surface area contributed by atoms with E-state index in [2.05, 4.69) is 26.5 Å². The van der Waals surface area contributed by atoms with E-state index in [4.69, 9.17) is 9.15 Å². The largest absolute Gasteiger partial charge is 0.502 e. The Morgan fingerprint density at radius 1 is 1.37 bits per heavy atom. The molecular weight excluding hydrogens is 462 g/mol. The van der Waals surface area contributed by atoms with E-state index in [1.807, 2.05) is 0 Å². The highest BCUT2D eigenvalue weighted by atomic mass is 79.9. The highest BCUT2D eigenvalue weighted by Gasteiger charge is 2.17. The molecule has 0 bridgehead atoms. The van der Waals surface area contributed by atoms with Gasteiger partial charge in [0.2, 0.25) is 5.75 Å². The number of benzene rings is 2. The summed E-state index contributed by atoms with van der Waals surface area (Å²) < 4.78 is 10.8. The number of carbonyl (C=O) groups excluding carboxylic acids is 1. The number of halogens is 1. The number of nitrogens with one attached hydrogen (secondary N) is 1. The van der Waals surface area contributed by atoms with Crippen LogP contribution < -0.4 is 15.8 Å². The van der Waals surface area contributed by atoms with Gasteiger partial charge in [0.05, 0.1) is 11.1 Å². The number of carbonyl (C=O) groups is 1. The first kappa shape index (κ1) is 21.0. The second kappa shape index (κ2) is 8.74. The molecule has 11 heteroatoms. The van der Waals surface area contributed by atoms with Crippen molar-refractivity contribution >= 4 is 44.7 Å². The molecule has 10 nitrogen and oxygen atoms in total. The van der Waals surface area contributed by atoms with Crippen LogP contribution in [-0.2, 0) is 4.79 Å². The standard InChI is InChI=1S/C19H14BrN3O7/c1-10-4-18(25)30-16-7-13(2-3-14(10)16)29-9-17(24)22-21-8-11-5-12(20)6-15(19(11)26)23(27)28/h2-8,26H,9H2,1H3,(H,22,24). The topological polar surface area (TPSA) is 144 Å². The van der Waals surface area contributed by atoms with Crippen molar-refractivity contribution in [2.75, 3.05) is 6.61 Å². The highest BCUT2D eigenvalue weighted by molar-refractivity contribution is 9.10. The van der Waals surface area contributed by atoms with E-state index >= 15 is 0 Å². The van der Waals surface area contributed by atoms with Gasteiger partial charge in [0.1, 0.15) is 11.3 Å². The van der Waals surface area contributed by atoms with Crippen molar-refractivity contribution < 1.29 is 24.0 Å². The lowest BCUT2D eigenvalue weighted by molar-refractivity contribution is -0.385. The minimum Gasteiger partial charge on any atom is -0.502 e. The molecule has 0 atom stereocenters. The molecule has 1 amide bonds. The van der Waals surface area contributed by atoms with Crippen LogP contribution in [0.4, 0.5) is 5.69 Å². The van der Waals surface area contributed by atoms with Crippen molar-refractivity contribution in [3.05, 3.63) is 72.5 Å². The van der Waals surface area contributed by atoms with E-state index in [0.717, 1.165) is 23.2 Å². The molecule has 2 aromatic carbocycles. The Bertz CT molecular complexity index is 1240. The minimum absolute atomic E-state index is 0.0391. The Morgan fingerprint density at radius 2 is 2.13 bits per heavy atom. The number of phenolic OH excluding ortho intramolecular Hbond substituents is 1. The summed E-state index contributed by atoms with van der Waals surface area (Å²) in [5, 5.41) is 25.2. The van der Waals surface area contributed by atoms with E-state index < -0.39 is 27.9 Å². The maximum Gasteiger partial charge on any atom is 0.336 e. The Hall–Kier alpha value is -3.73. The Labute approximate surface area is 177 Å². The van der Waals surface area contributed by atoms with Crippen LogP contribution in [0.15, 0.2) is 55.2 Å². The van der Waals surface area contributed by atoms with Crippen LogP contribution in [0.5, 0.6) is 11.5 Å². The van der Waals surface area contributed by atoms with E-state index in [0.29, 0.717) is 15.8 Å². The molecule has 1 heterocycles. The first-order chi connectivity index (χ1) is 14.2. The predicted octanol–water partition coefficient (Wildman–Crippen LogP) is 3.01. The number of amides is 1. The zero-order valence-corrected chi connectivity index (χ0v) is 17.0. The van der Waals surface area contributed by atoms with Crippen molar-refractivity contribution in [3.8, 4) is 11.5 Å². The van der Waals surface area contributed by atoms with Crippen LogP contribution in [0.25, 0.3) is 11.0 Å². The smallest absolute Gasteiger partial charge is 0.336 e. The maximum atomic E-state index is 11.9. The van der Waals surface area contributed by atoms with Crippen molar-refractivity contribution in [2.45, 2.75) is 6.92 Å². The summed E-state index contributed by atoms with van der Waals surface area (Å²) >= 11 is 3.10. The monoisotopic (exact) mass is 475 g/mol. The second-order valence-electron chi connectivity index (χ2n) is 6.11. The average Bonchev–Trinajstić information content (AvgIpc) is 2.68. The van der Waals surface area contributed by atoms with Crippen LogP contribution in [0.3, 0.4) is 0 Å². The fraction of sp³-hybridized carbons (Fsp3) is 0.105. The fourth-order valence-corrected chi connectivity index (χ4v) is 3.06. The molecule has 0 aliphatic heterocycles. The van der Waals surface area contributed by atoms with Gasteiger partial charge in [0.15, 0.2) is 6.61 Å². The number of nitro groups is 1. The number of ether oxygens (including phenoxy) is 1. The van der Waals surface area contributed by atoms with E-state index in [1.165, 1.54) is 18.2 Å². The predicted molar refractivity (Wildman–Crippen MR) is 111 cm³/mol. The lowest BCUT2D eigenvalue weighted by Crippen LogP contribution is -2.24. The van der Waals surface area contributed by atoms with Crippen LogP contribution in [0.1, 0.15) is 11.1 Å². The molecule has 0 fully saturated rings. The van der Waals surface area contributed by atoms with E-state index in [-0.39, 0.29) is 12.2 Å². The number of phenols is 1. The molecule has 1 aromatic heterocycles. The molecule has 0 radical (unpaired) electrons. The summed E-state index contributed by atoms with van der Waals surface area (Å²) in [6.07, 6.45) is 1.07. The maximum absolute atomic E-state index is 11.9. The van der Waals surface area contributed by atoms with Gasteiger partial charge in [-0.15, -0.1) is 0 Å². The number of rotatable bonds is 6.